The molecule has 0 aliphatic rings. The number of nitrogens with one attached hydrogen (secondary N) is 1. The number of thioether (sulfide) groups is 1. The topological polar surface area (TPSA) is 38.6 Å². The van der Waals surface area contributed by atoms with Crippen LogP contribution in [0.2, 0.25) is 0 Å². The summed E-state index contributed by atoms with van der Waals surface area (Å²) in [5.41, 5.74) is 2.26. The van der Waals surface area contributed by atoms with Crippen LogP contribution in [0.25, 0.3) is 5.65 Å². The molecule has 0 saturated heterocycles. The summed E-state index contributed by atoms with van der Waals surface area (Å²) in [5.74, 6) is 1.11. The fourth-order valence-corrected chi connectivity index (χ4v) is 2.77. The van der Waals surface area contributed by atoms with Gasteiger partial charge in [0.1, 0.15) is 10.7 Å². The van der Waals surface area contributed by atoms with E-state index in [0.29, 0.717) is 0 Å². The minimum atomic E-state index is 0.730. The first-order valence-electron chi connectivity index (χ1n) is 6.65. The molecular formula is C14H21N3OS. The van der Waals surface area contributed by atoms with Crippen LogP contribution in [-0.4, -0.2) is 35.4 Å². The fourth-order valence-electron chi connectivity index (χ4n) is 1.88. The van der Waals surface area contributed by atoms with Crippen LogP contribution < -0.4 is 5.32 Å². The summed E-state index contributed by atoms with van der Waals surface area (Å²) in [7, 11) is 1.72. The Labute approximate surface area is 118 Å². The number of pyridine rings is 1. The highest BCUT2D eigenvalue weighted by molar-refractivity contribution is 7.99. The SMILES string of the molecule is CCCSc1nc2ccccn2c1CNCCOC. The highest BCUT2D eigenvalue weighted by Crippen LogP contribution is 2.24. The van der Waals surface area contributed by atoms with Crippen LogP contribution >= 0.6 is 11.8 Å². The molecule has 0 fully saturated rings. The lowest BCUT2D eigenvalue weighted by molar-refractivity contribution is 0.199. The number of aromatic nitrogens is 2. The van der Waals surface area contributed by atoms with E-state index in [1.54, 1.807) is 7.11 Å². The molecule has 4 nitrogen and oxygen atoms in total. The molecule has 104 valence electrons. The van der Waals surface area contributed by atoms with Crippen molar-refractivity contribution in [2.75, 3.05) is 26.0 Å². The van der Waals surface area contributed by atoms with Crippen LogP contribution in [0.4, 0.5) is 0 Å². The molecule has 19 heavy (non-hydrogen) atoms. The quantitative estimate of drug-likeness (QED) is 0.595. The Hall–Kier alpha value is -1.04. The van der Waals surface area contributed by atoms with Gasteiger partial charge in [0.15, 0.2) is 0 Å². The molecule has 0 unspecified atom stereocenters. The minimum absolute atomic E-state index is 0.730. The lowest BCUT2D eigenvalue weighted by Gasteiger charge is -2.06. The number of hydrogen-bond acceptors (Lipinski definition) is 4. The van der Waals surface area contributed by atoms with Gasteiger partial charge in [0.2, 0.25) is 0 Å². The summed E-state index contributed by atoms with van der Waals surface area (Å²) < 4.78 is 7.22. The smallest absolute Gasteiger partial charge is 0.138 e. The van der Waals surface area contributed by atoms with Crippen molar-refractivity contribution in [1.82, 2.24) is 14.7 Å². The zero-order valence-corrected chi connectivity index (χ0v) is 12.4. The first-order chi connectivity index (χ1) is 9.36. The average Bonchev–Trinajstić information content (AvgIpc) is 2.79. The molecule has 0 amide bonds. The van der Waals surface area contributed by atoms with E-state index in [9.17, 15) is 0 Å². The van der Waals surface area contributed by atoms with Gasteiger partial charge in [-0.25, -0.2) is 4.98 Å². The van der Waals surface area contributed by atoms with Crippen LogP contribution in [0.5, 0.6) is 0 Å². The molecule has 0 spiro atoms. The summed E-state index contributed by atoms with van der Waals surface area (Å²) in [4.78, 5) is 4.70. The first kappa shape index (κ1) is 14.4. The molecule has 0 saturated carbocycles. The number of rotatable bonds is 8. The van der Waals surface area contributed by atoms with E-state index in [-0.39, 0.29) is 0 Å². The molecule has 5 heteroatoms. The van der Waals surface area contributed by atoms with E-state index in [0.717, 1.165) is 42.5 Å². The van der Waals surface area contributed by atoms with Gasteiger partial charge >= 0.3 is 0 Å². The molecule has 2 aromatic rings. The van der Waals surface area contributed by atoms with Crippen molar-refractivity contribution in [2.24, 2.45) is 0 Å². The highest BCUT2D eigenvalue weighted by Gasteiger charge is 2.11. The Bertz CT molecular complexity index is 512. The Balaban J connectivity index is 2.16. The van der Waals surface area contributed by atoms with Crippen LogP contribution in [0.15, 0.2) is 29.4 Å². The summed E-state index contributed by atoms with van der Waals surface area (Å²) in [5, 5.41) is 4.54. The number of nitrogens with zero attached hydrogens (tertiary/aromatic N) is 2. The second-order valence-corrected chi connectivity index (χ2v) is 5.39. The van der Waals surface area contributed by atoms with Gasteiger partial charge in [0, 0.05) is 26.4 Å². The monoisotopic (exact) mass is 279 g/mol. The number of hydrogen-bond donors (Lipinski definition) is 1. The normalized spacial score (nSPS) is 11.3. The van der Waals surface area contributed by atoms with Crippen molar-refractivity contribution < 1.29 is 4.74 Å². The van der Waals surface area contributed by atoms with Crippen molar-refractivity contribution in [3.63, 3.8) is 0 Å². The Morgan fingerprint density at radius 1 is 1.42 bits per heavy atom. The van der Waals surface area contributed by atoms with Crippen molar-refractivity contribution >= 4 is 17.4 Å². The second kappa shape index (κ2) is 7.53. The van der Waals surface area contributed by atoms with Gasteiger partial charge in [-0.3, -0.25) is 0 Å². The predicted octanol–water partition coefficient (Wildman–Crippen LogP) is 2.57. The maximum Gasteiger partial charge on any atom is 0.138 e. The average molecular weight is 279 g/mol. The Kier molecular flexibility index (Phi) is 5.69. The number of imidazole rings is 1. The second-order valence-electron chi connectivity index (χ2n) is 4.31. The van der Waals surface area contributed by atoms with Crippen molar-refractivity contribution in [3.05, 3.63) is 30.1 Å². The third kappa shape index (κ3) is 3.72. The van der Waals surface area contributed by atoms with Crippen LogP contribution in [0.1, 0.15) is 19.0 Å². The van der Waals surface area contributed by atoms with E-state index < -0.39 is 0 Å². The standard InChI is InChI=1S/C14H21N3OS/c1-3-10-19-14-12(11-15-7-9-18-2)17-8-5-4-6-13(17)16-14/h4-6,8,15H,3,7,9-11H2,1-2H3. The van der Waals surface area contributed by atoms with Crippen molar-refractivity contribution in [1.29, 1.82) is 0 Å². The molecule has 0 bridgehead atoms. The van der Waals surface area contributed by atoms with Gasteiger partial charge in [0.05, 0.1) is 12.3 Å². The summed E-state index contributed by atoms with van der Waals surface area (Å²) in [6.45, 7) is 4.60. The van der Waals surface area contributed by atoms with E-state index in [1.807, 2.05) is 23.9 Å². The lowest BCUT2D eigenvalue weighted by atomic mass is 10.4. The Morgan fingerprint density at radius 3 is 3.11 bits per heavy atom. The van der Waals surface area contributed by atoms with E-state index in [1.165, 1.54) is 5.69 Å². The van der Waals surface area contributed by atoms with Crippen LogP contribution in [-0.2, 0) is 11.3 Å². The lowest BCUT2D eigenvalue weighted by Crippen LogP contribution is -2.19. The first-order valence-corrected chi connectivity index (χ1v) is 7.63. The molecule has 0 atom stereocenters. The van der Waals surface area contributed by atoms with Gasteiger partial charge in [-0.15, -0.1) is 11.8 Å². The molecule has 0 radical (unpaired) electrons. The number of methoxy groups -OCH3 is 1. The maximum atomic E-state index is 5.05. The third-order valence-electron chi connectivity index (χ3n) is 2.81. The van der Waals surface area contributed by atoms with Gasteiger partial charge in [-0.2, -0.15) is 0 Å². The maximum absolute atomic E-state index is 5.05. The molecule has 0 aliphatic heterocycles. The number of fused-ring (bicyclic) bond motifs is 1. The molecule has 2 heterocycles. The van der Waals surface area contributed by atoms with E-state index in [2.05, 4.69) is 28.9 Å². The Morgan fingerprint density at radius 2 is 2.32 bits per heavy atom. The molecule has 2 rings (SSSR count). The van der Waals surface area contributed by atoms with Gasteiger partial charge < -0.3 is 14.5 Å². The molecular weight excluding hydrogens is 258 g/mol. The van der Waals surface area contributed by atoms with Gasteiger partial charge in [-0.1, -0.05) is 13.0 Å². The summed E-state index contributed by atoms with van der Waals surface area (Å²) in [6.07, 6.45) is 3.24. The number of ether oxygens (including phenoxy) is 1. The highest BCUT2D eigenvalue weighted by atomic mass is 32.2. The van der Waals surface area contributed by atoms with Crippen LogP contribution in [0.3, 0.4) is 0 Å². The minimum Gasteiger partial charge on any atom is -0.383 e. The largest absolute Gasteiger partial charge is 0.383 e. The zero-order chi connectivity index (χ0) is 13.5. The van der Waals surface area contributed by atoms with Gasteiger partial charge in [0.25, 0.3) is 0 Å². The molecule has 0 aromatic carbocycles. The van der Waals surface area contributed by atoms with Crippen molar-refractivity contribution in [2.45, 2.75) is 24.9 Å². The van der Waals surface area contributed by atoms with Gasteiger partial charge in [-0.05, 0) is 24.3 Å². The molecule has 0 aliphatic carbocycles. The zero-order valence-electron chi connectivity index (χ0n) is 11.6. The van der Waals surface area contributed by atoms with Crippen LogP contribution in [0, 0.1) is 0 Å². The summed E-state index contributed by atoms with van der Waals surface area (Å²) >= 11 is 1.83. The molecule has 1 N–H and O–H groups in total. The third-order valence-corrected chi connectivity index (χ3v) is 4.02. The van der Waals surface area contributed by atoms with E-state index in [4.69, 9.17) is 9.72 Å². The molecule has 2 aromatic heterocycles. The predicted molar refractivity (Wildman–Crippen MR) is 79.8 cm³/mol. The van der Waals surface area contributed by atoms with Crippen molar-refractivity contribution in [3.8, 4) is 0 Å². The van der Waals surface area contributed by atoms with E-state index >= 15 is 0 Å². The summed E-state index contributed by atoms with van der Waals surface area (Å²) in [6, 6.07) is 6.12. The fraction of sp³-hybridized carbons (Fsp3) is 0.500.